The van der Waals surface area contributed by atoms with Gasteiger partial charge in [0.05, 0.1) is 11.7 Å². The number of anilines is 2. The summed E-state index contributed by atoms with van der Waals surface area (Å²) in [5, 5.41) is 2.93. The molecule has 2 atom stereocenters. The fourth-order valence-corrected chi connectivity index (χ4v) is 2.42. The van der Waals surface area contributed by atoms with Gasteiger partial charge < -0.3 is 15.8 Å². The van der Waals surface area contributed by atoms with E-state index in [2.05, 4.69) is 10.3 Å². The number of nitrogen functional groups attached to an aromatic ring is 1. The number of ether oxygens (including phenoxy) is 1. The van der Waals surface area contributed by atoms with E-state index in [4.69, 9.17) is 10.5 Å². The summed E-state index contributed by atoms with van der Waals surface area (Å²) in [6.07, 6.45) is -2.47. The molecule has 0 saturated carbocycles. The van der Waals surface area contributed by atoms with E-state index in [1.54, 1.807) is 0 Å². The number of aromatic nitrogens is 1. The van der Waals surface area contributed by atoms with Crippen LogP contribution < -0.4 is 11.1 Å². The summed E-state index contributed by atoms with van der Waals surface area (Å²) in [7, 11) is 0. The van der Waals surface area contributed by atoms with Crippen LogP contribution in [0.4, 0.5) is 24.8 Å². The molecular formula is C13H18F3N3O. The molecule has 0 amide bonds. The predicted octanol–water partition coefficient (Wildman–Crippen LogP) is 2.91. The first-order valence-electron chi connectivity index (χ1n) is 6.60. The lowest BCUT2D eigenvalue weighted by Gasteiger charge is -2.18. The normalized spacial score (nSPS) is 23.0. The van der Waals surface area contributed by atoms with Gasteiger partial charge in [-0.2, -0.15) is 13.2 Å². The van der Waals surface area contributed by atoms with Gasteiger partial charge >= 0.3 is 6.18 Å². The maximum Gasteiger partial charge on any atom is 0.416 e. The highest BCUT2D eigenvalue weighted by atomic mass is 19.4. The van der Waals surface area contributed by atoms with Crippen LogP contribution in [-0.2, 0) is 10.9 Å². The third-order valence-electron chi connectivity index (χ3n) is 3.47. The lowest BCUT2D eigenvalue weighted by Crippen LogP contribution is -2.23. The number of hydrogen-bond acceptors (Lipinski definition) is 4. The van der Waals surface area contributed by atoms with Crippen molar-refractivity contribution in [3.8, 4) is 0 Å². The molecule has 3 N–H and O–H groups in total. The van der Waals surface area contributed by atoms with Crippen LogP contribution in [-0.4, -0.2) is 24.2 Å². The first-order chi connectivity index (χ1) is 9.40. The van der Waals surface area contributed by atoms with Gasteiger partial charge in [-0.15, -0.1) is 0 Å². The first kappa shape index (κ1) is 14.9. The summed E-state index contributed by atoms with van der Waals surface area (Å²) in [6, 6.07) is 1.81. The molecule has 0 bridgehead atoms. The molecule has 0 spiro atoms. The number of hydrogen-bond donors (Lipinski definition) is 2. The van der Waals surface area contributed by atoms with Gasteiger partial charge in [0.1, 0.15) is 11.6 Å². The van der Waals surface area contributed by atoms with Crippen LogP contribution in [0.2, 0.25) is 0 Å². The number of halogens is 3. The minimum atomic E-state index is -4.42. The van der Waals surface area contributed by atoms with Crippen molar-refractivity contribution in [1.82, 2.24) is 4.98 Å². The number of nitrogens with zero attached hydrogens (tertiary/aromatic N) is 1. The second kappa shape index (κ2) is 5.87. The Hall–Kier alpha value is -1.50. The van der Waals surface area contributed by atoms with Gasteiger partial charge in [0.15, 0.2) is 0 Å². The molecule has 2 heterocycles. The number of nitrogens with one attached hydrogen (secondary N) is 1. The van der Waals surface area contributed by atoms with E-state index in [0.29, 0.717) is 13.2 Å². The molecule has 0 radical (unpaired) electrons. The maximum absolute atomic E-state index is 12.7. The smallest absolute Gasteiger partial charge is 0.384 e. The third-order valence-corrected chi connectivity index (χ3v) is 3.47. The molecule has 0 aliphatic carbocycles. The van der Waals surface area contributed by atoms with Gasteiger partial charge in [-0.3, -0.25) is 0 Å². The molecule has 0 aromatic carbocycles. The van der Waals surface area contributed by atoms with Crippen molar-refractivity contribution in [2.24, 2.45) is 5.92 Å². The van der Waals surface area contributed by atoms with Crippen LogP contribution in [0.25, 0.3) is 0 Å². The van der Waals surface area contributed by atoms with Crippen molar-refractivity contribution < 1.29 is 17.9 Å². The summed E-state index contributed by atoms with van der Waals surface area (Å²) in [6.45, 7) is 3.26. The van der Waals surface area contributed by atoms with Crippen molar-refractivity contribution in [2.45, 2.75) is 32.0 Å². The second-order valence-corrected chi connectivity index (χ2v) is 4.91. The summed E-state index contributed by atoms with van der Waals surface area (Å²) in [4.78, 5) is 3.89. The van der Waals surface area contributed by atoms with Crippen LogP contribution in [0.3, 0.4) is 0 Å². The average Bonchev–Trinajstić information content (AvgIpc) is 2.82. The Morgan fingerprint density at radius 2 is 2.20 bits per heavy atom. The van der Waals surface area contributed by atoms with Crippen molar-refractivity contribution in [1.29, 1.82) is 0 Å². The Labute approximate surface area is 115 Å². The zero-order valence-corrected chi connectivity index (χ0v) is 11.2. The minimum absolute atomic E-state index is 0.142. The molecule has 1 fully saturated rings. The van der Waals surface area contributed by atoms with Gasteiger partial charge in [0.25, 0.3) is 0 Å². The highest BCUT2D eigenvalue weighted by Gasteiger charge is 2.32. The van der Waals surface area contributed by atoms with Crippen LogP contribution >= 0.6 is 0 Å². The summed E-state index contributed by atoms with van der Waals surface area (Å²) >= 11 is 0. The monoisotopic (exact) mass is 289 g/mol. The van der Waals surface area contributed by atoms with E-state index in [1.165, 1.54) is 0 Å². The van der Waals surface area contributed by atoms with E-state index < -0.39 is 11.7 Å². The van der Waals surface area contributed by atoms with Crippen LogP contribution in [0.5, 0.6) is 0 Å². The van der Waals surface area contributed by atoms with Gasteiger partial charge in [-0.25, -0.2) is 4.98 Å². The second-order valence-electron chi connectivity index (χ2n) is 4.91. The fourth-order valence-electron chi connectivity index (χ4n) is 2.42. The molecular weight excluding hydrogens is 271 g/mol. The van der Waals surface area contributed by atoms with Gasteiger partial charge in [-0.05, 0) is 25.0 Å². The van der Waals surface area contributed by atoms with E-state index in [-0.39, 0.29) is 23.7 Å². The largest absolute Gasteiger partial charge is 0.416 e. The van der Waals surface area contributed by atoms with E-state index in [1.807, 2.05) is 6.92 Å². The average molecular weight is 289 g/mol. The Balaban J connectivity index is 2.04. The number of pyridine rings is 1. The van der Waals surface area contributed by atoms with Gasteiger partial charge in [0, 0.05) is 19.1 Å². The van der Waals surface area contributed by atoms with E-state index >= 15 is 0 Å². The number of rotatable bonds is 4. The van der Waals surface area contributed by atoms with Gasteiger partial charge in [0.2, 0.25) is 0 Å². The van der Waals surface area contributed by atoms with Crippen molar-refractivity contribution >= 4 is 11.6 Å². The molecule has 1 aliphatic heterocycles. The fraction of sp³-hybridized carbons (Fsp3) is 0.615. The highest BCUT2D eigenvalue weighted by molar-refractivity contribution is 5.47. The summed E-state index contributed by atoms with van der Waals surface area (Å²) in [5.41, 5.74) is 4.63. The standard InChI is InChI=1S/C13H18F3N3O/c1-2-10-8(3-4-20-10)7-18-12-6-9(13(14,15)16)5-11(17)19-12/h5-6,8,10H,2-4,7H2,1H3,(H3,17,18,19). The van der Waals surface area contributed by atoms with Crippen molar-refractivity contribution in [3.63, 3.8) is 0 Å². The zero-order chi connectivity index (χ0) is 14.8. The minimum Gasteiger partial charge on any atom is -0.384 e. The van der Waals surface area contributed by atoms with Gasteiger partial charge in [-0.1, -0.05) is 6.92 Å². The van der Waals surface area contributed by atoms with E-state index in [9.17, 15) is 13.2 Å². The number of alkyl halides is 3. The third kappa shape index (κ3) is 3.53. The maximum atomic E-state index is 12.7. The van der Waals surface area contributed by atoms with Crippen molar-refractivity contribution in [2.75, 3.05) is 24.2 Å². The van der Waals surface area contributed by atoms with Crippen LogP contribution in [0.15, 0.2) is 12.1 Å². The Bertz CT molecular complexity index is 465. The summed E-state index contributed by atoms with van der Waals surface area (Å²) in [5.74, 6) is 0.300. The summed E-state index contributed by atoms with van der Waals surface area (Å²) < 4.78 is 43.6. The molecule has 1 aromatic rings. The topological polar surface area (TPSA) is 60.2 Å². The molecule has 1 aromatic heterocycles. The molecule has 112 valence electrons. The number of nitrogens with two attached hydrogens (primary N) is 1. The SMILES string of the molecule is CCC1OCCC1CNc1cc(C(F)(F)F)cc(N)n1. The highest BCUT2D eigenvalue weighted by Crippen LogP contribution is 2.31. The molecule has 2 rings (SSSR count). The lowest BCUT2D eigenvalue weighted by atomic mass is 10.00. The predicted molar refractivity (Wildman–Crippen MR) is 70.3 cm³/mol. The van der Waals surface area contributed by atoms with Crippen molar-refractivity contribution in [3.05, 3.63) is 17.7 Å². The van der Waals surface area contributed by atoms with Crippen LogP contribution in [0.1, 0.15) is 25.3 Å². The van der Waals surface area contributed by atoms with Crippen LogP contribution in [0, 0.1) is 5.92 Å². The molecule has 2 unspecified atom stereocenters. The quantitative estimate of drug-likeness (QED) is 0.894. The molecule has 20 heavy (non-hydrogen) atoms. The lowest BCUT2D eigenvalue weighted by molar-refractivity contribution is -0.137. The Kier molecular flexibility index (Phi) is 4.37. The zero-order valence-electron chi connectivity index (χ0n) is 11.2. The molecule has 7 heteroatoms. The molecule has 1 aliphatic rings. The van der Waals surface area contributed by atoms with E-state index in [0.717, 1.165) is 25.0 Å². The molecule has 1 saturated heterocycles. The Morgan fingerprint density at radius 1 is 1.45 bits per heavy atom. The first-order valence-corrected chi connectivity index (χ1v) is 6.60. The Morgan fingerprint density at radius 3 is 2.85 bits per heavy atom. The molecule has 4 nitrogen and oxygen atoms in total.